The van der Waals surface area contributed by atoms with Crippen LogP contribution in [0.4, 0.5) is 0 Å². The van der Waals surface area contributed by atoms with Gasteiger partial charge < -0.3 is 9.88 Å². The largest absolute Gasteiger partial charge is 0.339 e. The molecule has 1 aromatic heterocycles. The van der Waals surface area contributed by atoms with Crippen molar-refractivity contribution < 1.29 is 4.79 Å². The molecule has 22 heavy (non-hydrogen) atoms. The Morgan fingerprint density at radius 2 is 1.95 bits per heavy atom. The second-order valence-electron chi connectivity index (χ2n) is 5.85. The Kier molecular flexibility index (Phi) is 4.21. The number of imidazole rings is 1. The molecule has 0 aliphatic carbocycles. The average molecular weight is 318 g/mol. The number of nitrogens with zero attached hydrogens (tertiary/aromatic N) is 2. The standard InChI is InChI=1S/C17H20ClN3O/c1-11(12(2)17(22)21-8-4-3-5-9-21)16-19-14-7-6-13(18)10-15(14)20-16/h6-7,10H,3-5,8-9H2,1-2H3,(H,19,20)/b12-11+. The number of piperidine rings is 1. The van der Waals surface area contributed by atoms with Crippen LogP contribution in [-0.4, -0.2) is 33.9 Å². The molecule has 0 bridgehead atoms. The zero-order chi connectivity index (χ0) is 15.7. The molecule has 0 atom stereocenters. The SMILES string of the molecule is C/C(C(=O)N1CCCCC1)=C(/C)c1nc2ccc(Cl)cc2[nH]1. The molecule has 0 unspecified atom stereocenters. The molecule has 0 spiro atoms. The molecule has 116 valence electrons. The van der Waals surface area contributed by atoms with Gasteiger partial charge in [0.1, 0.15) is 5.82 Å². The summed E-state index contributed by atoms with van der Waals surface area (Å²) in [5.41, 5.74) is 3.40. The number of aromatic amines is 1. The minimum atomic E-state index is 0.121. The van der Waals surface area contributed by atoms with E-state index in [1.165, 1.54) is 6.42 Å². The number of H-pyrrole nitrogens is 1. The molecule has 2 aromatic rings. The number of nitrogens with one attached hydrogen (secondary N) is 1. The fraction of sp³-hybridized carbons (Fsp3) is 0.412. The van der Waals surface area contributed by atoms with E-state index >= 15 is 0 Å². The van der Waals surface area contributed by atoms with E-state index in [9.17, 15) is 4.79 Å². The second-order valence-corrected chi connectivity index (χ2v) is 6.29. The Morgan fingerprint density at radius 1 is 1.23 bits per heavy atom. The summed E-state index contributed by atoms with van der Waals surface area (Å²) in [5.74, 6) is 0.857. The van der Waals surface area contributed by atoms with Crippen LogP contribution in [0.25, 0.3) is 16.6 Å². The number of amides is 1. The predicted octanol–water partition coefficient (Wildman–Crippen LogP) is 4.02. The molecule has 1 saturated heterocycles. The van der Waals surface area contributed by atoms with Gasteiger partial charge in [0.25, 0.3) is 0 Å². The van der Waals surface area contributed by atoms with Crippen molar-refractivity contribution in [2.24, 2.45) is 0 Å². The molecular weight excluding hydrogens is 298 g/mol. The second kappa shape index (κ2) is 6.13. The number of benzene rings is 1. The molecular formula is C17H20ClN3O. The van der Waals surface area contributed by atoms with E-state index in [0.29, 0.717) is 5.02 Å². The number of hydrogen-bond acceptors (Lipinski definition) is 2. The van der Waals surface area contributed by atoms with E-state index < -0.39 is 0 Å². The van der Waals surface area contributed by atoms with Gasteiger partial charge in [-0.2, -0.15) is 0 Å². The third-order valence-corrected chi connectivity index (χ3v) is 4.56. The predicted molar refractivity (Wildman–Crippen MR) is 89.8 cm³/mol. The van der Waals surface area contributed by atoms with Gasteiger partial charge in [0.2, 0.25) is 5.91 Å². The lowest BCUT2D eigenvalue weighted by atomic mass is 10.1. The summed E-state index contributed by atoms with van der Waals surface area (Å²) in [5, 5.41) is 0.672. The van der Waals surface area contributed by atoms with Gasteiger partial charge in [-0.05, 0) is 51.3 Å². The van der Waals surface area contributed by atoms with Gasteiger partial charge in [0.05, 0.1) is 11.0 Å². The number of likely N-dealkylation sites (tertiary alicyclic amines) is 1. The topological polar surface area (TPSA) is 49.0 Å². The first-order chi connectivity index (χ1) is 10.6. The van der Waals surface area contributed by atoms with Crippen LogP contribution in [0.1, 0.15) is 38.9 Å². The van der Waals surface area contributed by atoms with Crippen LogP contribution in [0.2, 0.25) is 5.02 Å². The number of carbonyl (C=O) groups is 1. The summed E-state index contributed by atoms with van der Waals surface area (Å²) >= 11 is 6.00. The molecule has 1 amide bonds. The molecule has 0 saturated carbocycles. The lowest BCUT2D eigenvalue weighted by Crippen LogP contribution is -2.36. The molecule has 1 aliphatic heterocycles. The van der Waals surface area contributed by atoms with Crippen molar-refractivity contribution in [3.8, 4) is 0 Å². The van der Waals surface area contributed by atoms with Crippen molar-refractivity contribution in [1.29, 1.82) is 0 Å². The lowest BCUT2D eigenvalue weighted by molar-refractivity contribution is -0.127. The maximum Gasteiger partial charge on any atom is 0.249 e. The van der Waals surface area contributed by atoms with Gasteiger partial charge in [-0.25, -0.2) is 4.98 Å². The van der Waals surface area contributed by atoms with Gasteiger partial charge in [-0.15, -0.1) is 0 Å². The summed E-state index contributed by atoms with van der Waals surface area (Å²) in [6.45, 7) is 5.54. The molecule has 4 nitrogen and oxygen atoms in total. The minimum absolute atomic E-state index is 0.121. The molecule has 1 N–H and O–H groups in total. The monoisotopic (exact) mass is 317 g/mol. The van der Waals surface area contributed by atoms with Crippen molar-refractivity contribution in [2.45, 2.75) is 33.1 Å². The van der Waals surface area contributed by atoms with Crippen molar-refractivity contribution >= 4 is 34.1 Å². The number of aromatic nitrogens is 2. The van der Waals surface area contributed by atoms with Gasteiger partial charge in [-0.3, -0.25) is 4.79 Å². The van der Waals surface area contributed by atoms with Gasteiger partial charge in [0.15, 0.2) is 0 Å². The van der Waals surface area contributed by atoms with Crippen molar-refractivity contribution in [2.75, 3.05) is 13.1 Å². The molecule has 1 fully saturated rings. The van der Waals surface area contributed by atoms with Crippen LogP contribution in [0.5, 0.6) is 0 Å². The van der Waals surface area contributed by atoms with E-state index in [2.05, 4.69) is 9.97 Å². The molecule has 3 rings (SSSR count). The van der Waals surface area contributed by atoms with Gasteiger partial charge >= 0.3 is 0 Å². The minimum Gasteiger partial charge on any atom is -0.339 e. The summed E-state index contributed by atoms with van der Waals surface area (Å²) in [4.78, 5) is 22.3. The number of fused-ring (bicyclic) bond motifs is 1. The van der Waals surface area contributed by atoms with Crippen molar-refractivity contribution in [1.82, 2.24) is 14.9 Å². The highest BCUT2D eigenvalue weighted by molar-refractivity contribution is 6.31. The summed E-state index contributed by atoms with van der Waals surface area (Å²) in [6, 6.07) is 5.55. The number of allylic oxidation sites excluding steroid dienone is 1. The van der Waals surface area contributed by atoms with Crippen molar-refractivity contribution in [3.63, 3.8) is 0 Å². The van der Waals surface area contributed by atoms with E-state index in [-0.39, 0.29) is 5.91 Å². The van der Waals surface area contributed by atoms with E-state index in [1.807, 2.05) is 36.9 Å². The van der Waals surface area contributed by atoms with Gasteiger partial charge in [0, 0.05) is 29.3 Å². The van der Waals surface area contributed by atoms with E-state index in [0.717, 1.165) is 53.9 Å². The van der Waals surface area contributed by atoms with Crippen LogP contribution < -0.4 is 0 Å². The summed E-state index contributed by atoms with van der Waals surface area (Å²) in [6.07, 6.45) is 3.41. The number of rotatable bonds is 2. The van der Waals surface area contributed by atoms with Crippen LogP contribution >= 0.6 is 11.6 Å². The smallest absolute Gasteiger partial charge is 0.249 e. The highest BCUT2D eigenvalue weighted by atomic mass is 35.5. The average Bonchev–Trinajstić information content (AvgIpc) is 2.96. The Labute approximate surface area is 135 Å². The highest BCUT2D eigenvalue weighted by Crippen LogP contribution is 2.23. The molecule has 0 radical (unpaired) electrons. The van der Waals surface area contributed by atoms with E-state index in [1.54, 1.807) is 0 Å². The quantitative estimate of drug-likeness (QED) is 0.850. The Hall–Kier alpha value is -1.81. The zero-order valence-electron chi connectivity index (χ0n) is 12.9. The molecule has 1 aromatic carbocycles. The lowest BCUT2D eigenvalue weighted by Gasteiger charge is -2.27. The highest BCUT2D eigenvalue weighted by Gasteiger charge is 2.20. The first kappa shape index (κ1) is 15.1. The third kappa shape index (κ3) is 2.88. The zero-order valence-corrected chi connectivity index (χ0v) is 13.7. The maximum absolute atomic E-state index is 12.6. The Morgan fingerprint density at radius 3 is 2.68 bits per heavy atom. The third-order valence-electron chi connectivity index (χ3n) is 4.33. The van der Waals surface area contributed by atoms with Gasteiger partial charge in [-0.1, -0.05) is 11.6 Å². The first-order valence-corrected chi connectivity index (χ1v) is 8.06. The Bertz CT molecular complexity index is 741. The molecule has 5 heteroatoms. The van der Waals surface area contributed by atoms with Crippen LogP contribution in [0.15, 0.2) is 23.8 Å². The maximum atomic E-state index is 12.6. The first-order valence-electron chi connectivity index (χ1n) is 7.68. The van der Waals surface area contributed by atoms with Crippen LogP contribution in [-0.2, 0) is 4.79 Å². The Balaban J connectivity index is 1.91. The molecule has 1 aliphatic rings. The normalized spacial score (nSPS) is 16.8. The summed E-state index contributed by atoms with van der Waals surface area (Å²) in [7, 11) is 0. The molecule has 2 heterocycles. The number of halogens is 1. The fourth-order valence-corrected chi connectivity index (χ4v) is 3.00. The van der Waals surface area contributed by atoms with Crippen LogP contribution in [0.3, 0.4) is 0 Å². The van der Waals surface area contributed by atoms with E-state index in [4.69, 9.17) is 11.6 Å². The van der Waals surface area contributed by atoms with Crippen molar-refractivity contribution in [3.05, 3.63) is 34.6 Å². The number of hydrogen-bond donors (Lipinski definition) is 1. The fourth-order valence-electron chi connectivity index (χ4n) is 2.83. The number of carbonyl (C=O) groups excluding carboxylic acids is 1. The van der Waals surface area contributed by atoms with Crippen LogP contribution in [0, 0.1) is 0 Å². The summed E-state index contributed by atoms with van der Waals surface area (Å²) < 4.78 is 0.